The van der Waals surface area contributed by atoms with Gasteiger partial charge in [0.25, 0.3) is 5.91 Å². The van der Waals surface area contributed by atoms with E-state index in [0.717, 1.165) is 22.6 Å². The maximum atomic E-state index is 12.9. The van der Waals surface area contributed by atoms with Crippen molar-refractivity contribution in [3.8, 4) is 0 Å². The lowest BCUT2D eigenvalue weighted by molar-refractivity contribution is -0.137. The zero-order chi connectivity index (χ0) is 23.5. The first-order valence-electron chi connectivity index (χ1n) is 9.83. The maximum absolute atomic E-state index is 12.9. The Morgan fingerprint density at radius 3 is 2.53 bits per heavy atom. The van der Waals surface area contributed by atoms with Gasteiger partial charge in [-0.05, 0) is 50.6 Å². The summed E-state index contributed by atoms with van der Waals surface area (Å²) >= 11 is 1.28. The van der Waals surface area contributed by atoms with E-state index >= 15 is 0 Å². The van der Waals surface area contributed by atoms with Gasteiger partial charge in [0.1, 0.15) is 6.04 Å². The predicted octanol–water partition coefficient (Wildman–Crippen LogP) is 4.80. The Hall–Kier alpha value is -3.20. The molecule has 0 fully saturated rings. The van der Waals surface area contributed by atoms with E-state index in [4.69, 9.17) is 0 Å². The van der Waals surface area contributed by atoms with Gasteiger partial charge in [0.15, 0.2) is 4.80 Å². The van der Waals surface area contributed by atoms with Crippen LogP contribution in [0.4, 0.5) is 13.2 Å². The van der Waals surface area contributed by atoms with Gasteiger partial charge in [-0.1, -0.05) is 29.8 Å². The summed E-state index contributed by atoms with van der Waals surface area (Å²) in [5, 5.41) is 2.66. The topological polar surface area (TPSA) is 63.5 Å². The molecule has 1 N–H and O–H groups in total. The summed E-state index contributed by atoms with van der Waals surface area (Å²) in [6.45, 7) is 5.31. The molecule has 5 nitrogen and oxygen atoms in total. The number of halogens is 3. The number of aromatic nitrogens is 1. The molecule has 1 atom stereocenters. The number of nitrogens with zero attached hydrogens (tertiary/aromatic N) is 2. The molecular formula is C23H22F3N3O2S. The molecule has 1 aromatic heterocycles. The molecule has 0 aliphatic rings. The van der Waals surface area contributed by atoms with Crippen LogP contribution < -0.4 is 10.1 Å². The molecule has 2 aromatic carbocycles. The minimum absolute atomic E-state index is 0.0501. The summed E-state index contributed by atoms with van der Waals surface area (Å²) in [5.41, 5.74) is 0.954. The van der Waals surface area contributed by atoms with Crippen LogP contribution in [0.1, 0.15) is 44.9 Å². The number of benzene rings is 2. The quantitative estimate of drug-likeness (QED) is 0.593. The number of thiazole rings is 1. The van der Waals surface area contributed by atoms with Crippen molar-refractivity contribution in [2.45, 2.75) is 39.5 Å². The second kappa shape index (κ2) is 9.52. The molecule has 0 aliphatic carbocycles. The minimum atomic E-state index is -4.45. The largest absolute Gasteiger partial charge is 0.416 e. The van der Waals surface area contributed by atoms with Crippen molar-refractivity contribution in [2.24, 2.45) is 4.99 Å². The van der Waals surface area contributed by atoms with E-state index in [9.17, 15) is 22.8 Å². The van der Waals surface area contributed by atoms with E-state index in [1.165, 1.54) is 23.5 Å². The van der Waals surface area contributed by atoms with Crippen molar-refractivity contribution in [2.75, 3.05) is 0 Å². The molecule has 2 amide bonds. The number of alkyl halides is 3. The van der Waals surface area contributed by atoms with Gasteiger partial charge in [-0.3, -0.25) is 9.59 Å². The average molecular weight is 462 g/mol. The highest BCUT2D eigenvalue weighted by atomic mass is 32.1. The fourth-order valence-electron chi connectivity index (χ4n) is 3.08. The van der Waals surface area contributed by atoms with E-state index in [1.807, 2.05) is 19.9 Å². The van der Waals surface area contributed by atoms with Crippen LogP contribution in [0.5, 0.6) is 0 Å². The molecule has 0 saturated carbocycles. The molecule has 32 heavy (non-hydrogen) atoms. The smallest absolute Gasteiger partial charge is 0.350 e. The molecule has 1 unspecified atom stereocenters. The molecule has 0 saturated heterocycles. The van der Waals surface area contributed by atoms with Gasteiger partial charge in [0.2, 0.25) is 5.91 Å². The number of rotatable bonds is 5. The molecule has 0 radical (unpaired) electrons. The lowest BCUT2D eigenvalue weighted by Crippen LogP contribution is -2.34. The number of hydrogen-bond acceptors (Lipinski definition) is 3. The third kappa shape index (κ3) is 5.73. The molecule has 3 aromatic rings. The molecule has 0 spiro atoms. The Bertz CT molecular complexity index is 1210. The van der Waals surface area contributed by atoms with Gasteiger partial charge in [0, 0.05) is 23.2 Å². The molecule has 0 bridgehead atoms. The molecule has 1 heterocycles. The van der Waals surface area contributed by atoms with Crippen LogP contribution >= 0.6 is 11.3 Å². The Labute approximate surface area is 187 Å². The number of aryl methyl sites for hydroxylation is 2. The van der Waals surface area contributed by atoms with Gasteiger partial charge in [-0.15, -0.1) is 11.3 Å². The first-order valence-corrected chi connectivity index (χ1v) is 10.6. The van der Waals surface area contributed by atoms with Crippen LogP contribution in [0.2, 0.25) is 0 Å². The normalized spacial score (nSPS) is 13.1. The summed E-state index contributed by atoms with van der Waals surface area (Å²) in [7, 11) is 0. The lowest BCUT2D eigenvalue weighted by Gasteiger charge is -2.14. The second-order valence-corrected chi connectivity index (χ2v) is 8.62. The van der Waals surface area contributed by atoms with E-state index in [1.54, 1.807) is 35.9 Å². The highest BCUT2D eigenvalue weighted by molar-refractivity contribution is 7.09. The minimum Gasteiger partial charge on any atom is -0.350 e. The highest BCUT2D eigenvalue weighted by Crippen LogP contribution is 2.29. The molecule has 168 valence electrons. The van der Waals surface area contributed by atoms with Gasteiger partial charge in [0.05, 0.1) is 5.56 Å². The van der Waals surface area contributed by atoms with Crippen molar-refractivity contribution in [3.63, 3.8) is 0 Å². The van der Waals surface area contributed by atoms with Crippen LogP contribution in [-0.4, -0.2) is 16.4 Å². The molecule has 9 heteroatoms. The maximum Gasteiger partial charge on any atom is 0.416 e. The zero-order valence-electron chi connectivity index (χ0n) is 17.7. The monoisotopic (exact) mass is 461 g/mol. The van der Waals surface area contributed by atoms with Crippen molar-refractivity contribution in [1.29, 1.82) is 0 Å². The van der Waals surface area contributed by atoms with Crippen molar-refractivity contribution < 1.29 is 22.8 Å². The number of carbonyl (C=O) groups is 2. The van der Waals surface area contributed by atoms with Crippen LogP contribution in [0, 0.1) is 13.8 Å². The average Bonchev–Trinajstić information content (AvgIpc) is 3.10. The van der Waals surface area contributed by atoms with Gasteiger partial charge in [-0.25, -0.2) is 0 Å². The van der Waals surface area contributed by atoms with Crippen LogP contribution in [0.3, 0.4) is 0 Å². The standard InChI is InChI=1S/C23H22F3N3O2S/c1-14-6-4-8-18(10-14)21(31)28-22-29(13-15(2)32-22)16(3)20(30)27-12-17-7-5-9-19(11-17)23(24,25)26/h4-11,13,16H,12H2,1-3H3,(H,27,30). The zero-order valence-corrected chi connectivity index (χ0v) is 18.6. The Kier molecular flexibility index (Phi) is 6.98. The van der Waals surface area contributed by atoms with E-state index in [0.29, 0.717) is 15.9 Å². The summed E-state index contributed by atoms with van der Waals surface area (Å²) in [5.74, 6) is -0.814. The van der Waals surface area contributed by atoms with Crippen LogP contribution in [0.25, 0.3) is 0 Å². The second-order valence-electron chi connectivity index (χ2n) is 7.41. The van der Waals surface area contributed by atoms with E-state index < -0.39 is 29.6 Å². The molecule has 3 rings (SSSR count). The fourth-order valence-corrected chi connectivity index (χ4v) is 3.98. The predicted molar refractivity (Wildman–Crippen MR) is 116 cm³/mol. The number of nitrogens with one attached hydrogen (secondary N) is 1. The van der Waals surface area contributed by atoms with Crippen molar-refractivity contribution >= 4 is 23.2 Å². The van der Waals surface area contributed by atoms with Crippen LogP contribution in [-0.2, 0) is 17.5 Å². The van der Waals surface area contributed by atoms with Gasteiger partial charge >= 0.3 is 6.18 Å². The summed E-state index contributed by atoms with van der Waals surface area (Å²) in [6.07, 6.45) is -2.72. The molecular weight excluding hydrogens is 439 g/mol. The third-order valence-electron chi connectivity index (χ3n) is 4.77. The SMILES string of the molecule is Cc1cccc(C(=O)N=c2sc(C)cn2C(C)C(=O)NCc2cccc(C(F)(F)F)c2)c1. The Morgan fingerprint density at radius 1 is 1.12 bits per heavy atom. The van der Waals surface area contributed by atoms with E-state index in [-0.39, 0.29) is 6.54 Å². The summed E-state index contributed by atoms with van der Waals surface area (Å²) in [4.78, 5) is 30.7. The summed E-state index contributed by atoms with van der Waals surface area (Å²) in [6, 6.07) is 11.2. The number of hydrogen-bond donors (Lipinski definition) is 1. The first-order chi connectivity index (χ1) is 15.0. The Balaban J connectivity index is 1.77. The summed E-state index contributed by atoms with van der Waals surface area (Å²) < 4.78 is 40.2. The Morgan fingerprint density at radius 2 is 1.84 bits per heavy atom. The number of carbonyl (C=O) groups excluding carboxylic acids is 2. The van der Waals surface area contributed by atoms with Crippen LogP contribution in [0.15, 0.2) is 59.7 Å². The third-order valence-corrected chi connectivity index (χ3v) is 5.69. The number of amides is 2. The van der Waals surface area contributed by atoms with Crippen molar-refractivity contribution in [3.05, 3.63) is 86.7 Å². The van der Waals surface area contributed by atoms with Gasteiger partial charge < -0.3 is 9.88 Å². The van der Waals surface area contributed by atoms with Crippen molar-refractivity contribution in [1.82, 2.24) is 9.88 Å². The first kappa shape index (κ1) is 23.5. The highest BCUT2D eigenvalue weighted by Gasteiger charge is 2.30. The molecule has 0 aliphatic heterocycles. The fraction of sp³-hybridized carbons (Fsp3) is 0.261. The lowest BCUT2D eigenvalue weighted by atomic mass is 10.1. The van der Waals surface area contributed by atoms with E-state index in [2.05, 4.69) is 10.3 Å². The van der Waals surface area contributed by atoms with Gasteiger partial charge in [-0.2, -0.15) is 18.2 Å².